The second kappa shape index (κ2) is 7.78. The molecule has 0 saturated carbocycles. The van der Waals surface area contributed by atoms with E-state index in [0.717, 1.165) is 0 Å². The van der Waals surface area contributed by atoms with Gasteiger partial charge >= 0.3 is 17.6 Å². The second-order valence-electron chi connectivity index (χ2n) is 3.94. The predicted octanol–water partition coefficient (Wildman–Crippen LogP) is 0.508. The number of hydrogen-bond acceptors (Lipinski definition) is 6. The van der Waals surface area contributed by atoms with Crippen LogP contribution < -0.4 is 15.2 Å². The van der Waals surface area contributed by atoms with Gasteiger partial charge in [0.1, 0.15) is 0 Å². The topological polar surface area (TPSA) is 116 Å². The van der Waals surface area contributed by atoms with E-state index in [1.54, 1.807) is 13.8 Å². The van der Waals surface area contributed by atoms with Gasteiger partial charge in [-0.1, -0.05) is 0 Å². The third-order valence-corrected chi connectivity index (χ3v) is 2.56. The molecule has 0 aliphatic rings. The molecule has 2 N–H and O–H groups in total. The summed E-state index contributed by atoms with van der Waals surface area (Å²) in [5.74, 6) is -0.411. The van der Waals surface area contributed by atoms with Gasteiger partial charge in [0.05, 0.1) is 24.3 Å². The lowest BCUT2D eigenvalue weighted by Crippen LogP contribution is -2.42. The van der Waals surface area contributed by atoms with Crippen molar-refractivity contribution in [2.45, 2.75) is 13.8 Å². The van der Waals surface area contributed by atoms with Crippen LogP contribution in [0.4, 0.5) is 16.3 Å². The van der Waals surface area contributed by atoms with Crippen molar-refractivity contribution in [3.05, 3.63) is 28.4 Å². The Morgan fingerprint density at radius 2 is 2.19 bits per heavy atom. The number of anilines is 1. The zero-order chi connectivity index (χ0) is 15.8. The average Bonchev–Trinajstić information content (AvgIpc) is 2.44. The van der Waals surface area contributed by atoms with Crippen LogP contribution in [0.3, 0.4) is 0 Å². The summed E-state index contributed by atoms with van der Waals surface area (Å²) in [5.41, 5.74) is -0.150. The summed E-state index contributed by atoms with van der Waals surface area (Å²) >= 11 is 0. The maximum Gasteiger partial charge on any atom is 0.413 e. The molecule has 1 rings (SSSR count). The van der Waals surface area contributed by atoms with Crippen LogP contribution in [0, 0.1) is 10.1 Å². The standard InChI is InChI=1S/C12H16N4O5/c1-3-15(8-10(17)14-12(18)21-4-2)11-9(16(19)20)6-5-7-13-11/h5-7H,3-4,8H2,1-2H3,(H,14,17,18)/p+1. The normalized spacial score (nSPS) is 9.81. The Hall–Kier alpha value is -2.71. The molecule has 0 unspecified atom stereocenters. The van der Waals surface area contributed by atoms with E-state index < -0.39 is 16.9 Å². The van der Waals surface area contributed by atoms with Gasteiger partial charge in [-0.05, 0) is 19.9 Å². The summed E-state index contributed by atoms with van der Waals surface area (Å²) in [6, 6.07) is 2.83. The Balaban J connectivity index is 2.82. The van der Waals surface area contributed by atoms with Crippen LogP contribution in [0.5, 0.6) is 0 Å². The number of alkyl carbamates (subject to hydrolysis) is 1. The number of nitrogens with one attached hydrogen (secondary N) is 2. The first-order chi connectivity index (χ1) is 9.99. The molecule has 2 amide bonds. The Kier molecular flexibility index (Phi) is 6.05. The molecule has 0 aliphatic heterocycles. The molecule has 0 fully saturated rings. The molecule has 0 aliphatic carbocycles. The SMILES string of the molecule is CCOC(=O)NC(=O)CN(CC)c1[nH+]cccc1[N+](=O)[O-]. The highest BCUT2D eigenvalue weighted by molar-refractivity contribution is 5.94. The first kappa shape index (κ1) is 16.3. The summed E-state index contributed by atoms with van der Waals surface area (Å²) in [4.78, 5) is 37.5. The lowest BCUT2D eigenvalue weighted by atomic mass is 10.3. The van der Waals surface area contributed by atoms with Crippen molar-refractivity contribution in [1.29, 1.82) is 0 Å². The first-order valence-electron chi connectivity index (χ1n) is 6.36. The molecule has 0 aromatic carbocycles. The van der Waals surface area contributed by atoms with Crippen molar-refractivity contribution in [3.8, 4) is 0 Å². The molecule has 0 spiro atoms. The quantitative estimate of drug-likeness (QED) is 0.604. The molecule has 9 heteroatoms. The molecule has 0 saturated heterocycles. The molecule has 0 bridgehead atoms. The minimum absolute atomic E-state index is 0.147. The van der Waals surface area contributed by atoms with Crippen LogP contribution in [0.25, 0.3) is 0 Å². The summed E-state index contributed by atoms with van der Waals surface area (Å²) in [6.45, 7) is 3.63. The van der Waals surface area contributed by atoms with Gasteiger partial charge in [0.25, 0.3) is 5.91 Å². The lowest BCUT2D eigenvalue weighted by molar-refractivity contribution is -0.411. The molecule has 1 heterocycles. The minimum atomic E-state index is -0.843. The van der Waals surface area contributed by atoms with Crippen LogP contribution in [-0.2, 0) is 9.53 Å². The van der Waals surface area contributed by atoms with Crippen molar-refractivity contribution in [1.82, 2.24) is 5.32 Å². The van der Waals surface area contributed by atoms with E-state index in [4.69, 9.17) is 0 Å². The van der Waals surface area contributed by atoms with Crippen LogP contribution in [0.1, 0.15) is 13.8 Å². The van der Waals surface area contributed by atoms with Crippen molar-refractivity contribution in [2.75, 3.05) is 24.6 Å². The van der Waals surface area contributed by atoms with Gasteiger partial charge in [-0.2, -0.15) is 0 Å². The number of amides is 2. The Morgan fingerprint density at radius 1 is 1.48 bits per heavy atom. The van der Waals surface area contributed by atoms with Crippen LogP contribution in [0.2, 0.25) is 0 Å². The van der Waals surface area contributed by atoms with E-state index >= 15 is 0 Å². The first-order valence-corrected chi connectivity index (χ1v) is 6.36. The highest BCUT2D eigenvalue weighted by Crippen LogP contribution is 2.21. The number of carbonyl (C=O) groups is 2. The molecule has 0 radical (unpaired) electrons. The summed E-state index contributed by atoms with van der Waals surface area (Å²) < 4.78 is 4.59. The molecule has 21 heavy (non-hydrogen) atoms. The molecular weight excluding hydrogens is 280 g/mol. The smallest absolute Gasteiger partial charge is 0.413 e. The Morgan fingerprint density at radius 3 is 2.76 bits per heavy atom. The highest BCUT2D eigenvalue weighted by atomic mass is 16.6. The zero-order valence-electron chi connectivity index (χ0n) is 11.8. The van der Waals surface area contributed by atoms with Gasteiger partial charge in [-0.25, -0.2) is 14.7 Å². The van der Waals surface area contributed by atoms with Gasteiger partial charge < -0.3 is 4.74 Å². The highest BCUT2D eigenvalue weighted by Gasteiger charge is 2.28. The molecule has 114 valence electrons. The number of nitro groups is 1. The maximum atomic E-state index is 11.7. The average molecular weight is 297 g/mol. The predicted molar refractivity (Wildman–Crippen MR) is 72.7 cm³/mol. The van der Waals surface area contributed by atoms with Gasteiger partial charge in [0.2, 0.25) is 0 Å². The number of rotatable bonds is 6. The van der Waals surface area contributed by atoms with Crippen LogP contribution in [0.15, 0.2) is 18.3 Å². The van der Waals surface area contributed by atoms with Crippen molar-refractivity contribution < 1.29 is 24.2 Å². The maximum absolute atomic E-state index is 11.7. The van der Waals surface area contributed by atoms with E-state index in [2.05, 4.69) is 9.72 Å². The van der Waals surface area contributed by atoms with E-state index in [0.29, 0.717) is 6.54 Å². The largest absolute Gasteiger partial charge is 0.450 e. The van der Waals surface area contributed by atoms with E-state index in [-0.39, 0.29) is 24.7 Å². The fourth-order valence-electron chi connectivity index (χ4n) is 1.66. The zero-order valence-corrected chi connectivity index (χ0v) is 11.8. The van der Waals surface area contributed by atoms with Crippen LogP contribution in [-0.4, -0.2) is 36.6 Å². The summed E-state index contributed by atoms with van der Waals surface area (Å²) in [6.07, 6.45) is 0.680. The third kappa shape index (κ3) is 4.71. The van der Waals surface area contributed by atoms with E-state index in [9.17, 15) is 19.7 Å². The number of hydrogen-bond donors (Lipinski definition) is 1. The Labute approximate surface area is 121 Å². The number of likely N-dealkylation sites (N-methyl/N-ethyl adjacent to an activating group) is 1. The molecule has 9 nitrogen and oxygen atoms in total. The van der Waals surface area contributed by atoms with Gasteiger partial charge in [0, 0.05) is 6.07 Å². The number of aromatic amines is 1. The van der Waals surface area contributed by atoms with Gasteiger partial charge in [-0.3, -0.25) is 20.2 Å². The summed E-state index contributed by atoms with van der Waals surface area (Å²) in [7, 11) is 0. The number of carbonyl (C=O) groups excluding carboxylic acids is 2. The molecule has 1 aromatic heterocycles. The second-order valence-corrected chi connectivity index (χ2v) is 3.94. The lowest BCUT2D eigenvalue weighted by Gasteiger charge is -2.13. The van der Waals surface area contributed by atoms with Crippen LogP contribution >= 0.6 is 0 Å². The van der Waals surface area contributed by atoms with Crippen molar-refractivity contribution in [2.24, 2.45) is 0 Å². The van der Waals surface area contributed by atoms with Gasteiger partial charge in [0.15, 0.2) is 6.54 Å². The fourth-order valence-corrected chi connectivity index (χ4v) is 1.66. The number of pyridine rings is 1. The number of imide groups is 1. The molecule has 1 aromatic rings. The number of nitrogens with zero attached hydrogens (tertiary/aromatic N) is 2. The van der Waals surface area contributed by atoms with Crippen molar-refractivity contribution in [3.63, 3.8) is 0 Å². The fraction of sp³-hybridized carbons (Fsp3) is 0.417. The monoisotopic (exact) mass is 297 g/mol. The van der Waals surface area contributed by atoms with E-state index in [1.165, 1.54) is 23.2 Å². The minimum Gasteiger partial charge on any atom is -0.450 e. The number of ether oxygens (including phenoxy) is 1. The number of H-pyrrole nitrogens is 1. The third-order valence-electron chi connectivity index (χ3n) is 2.56. The summed E-state index contributed by atoms with van der Waals surface area (Å²) in [5, 5.41) is 13.0. The van der Waals surface area contributed by atoms with Gasteiger partial charge in [-0.15, -0.1) is 0 Å². The van der Waals surface area contributed by atoms with Crippen molar-refractivity contribution >= 4 is 23.5 Å². The molecule has 0 atom stereocenters. The number of aromatic nitrogens is 1. The Bertz CT molecular complexity index is 534. The molecular formula is C12H17N4O5+. The van der Waals surface area contributed by atoms with E-state index in [1.807, 2.05) is 5.32 Å².